The third-order valence-corrected chi connectivity index (χ3v) is 5.03. The summed E-state index contributed by atoms with van der Waals surface area (Å²) in [4.78, 5) is 17.6. The number of carboxylic acid groups (broad SMARTS) is 1. The molecule has 5 heteroatoms. The molecule has 0 aliphatic heterocycles. The standard InChI is InChI=1S/C15H17NO2S2/c1-2-6-12-13(9-15(17)18)20-14(16-12)10-19-11-7-4-3-5-8-11/h3-5,7-8H,2,6,9-10H2,1H3,(H,17,18). The molecule has 20 heavy (non-hydrogen) atoms. The van der Waals surface area contributed by atoms with Gasteiger partial charge >= 0.3 is 5.97 Å². The quantitative estimate of drug-likeness (QED) is 0.785. The molecule has 0 aliphatic rings. The Kier molecular flexibility index (Phi) is 5.61. The molecule has 0 bridgehead atoms. The van der Waals surface area contributed by atoms with E-state index in [0.717, 1.165) is 34.2 Å². The van der Waals surface area contributed by atoms with Crippen LogP contribution in [0.5, 0.6) is 0 Å². The highest BCUT2D eigenvalue weighted by Gasteiger charge is 2.13. The minimum atomic E-state index is -0.784. The number of aromatic nitrogens is 1. The van der Waals surface area contributed by atoms with E-state index in [0.29, 0.717) is 0 Å². The number of carbonyl (C=O) groups is 1. The van der Waals surface area contributed by atoms with Gasteiger partial charge in [0.05, 0.1) is 17.9 Å². The third kappa shape index (κ3) is 4.35. The van der Waals surface area contributed by atoms with E-state index in [1.54, 1.807) is 11.8 Å². The molecule has 2 aromatic rings. The van der Waals surface area contributed by atoms with Gasteiger partial charge < -0.3 is 5.11 Å². The van der Waals surface area contributed by atoms with E-state index >= 15 is 0 Å². The molecule has 3 nitrogen and oxygen atoms in total. The normalized spacial score (nSPS) is 10.7. The first-order valence-electron chi connectivity index (χ1n) is 6.56. The zero-order valence-electron chi connectivity index (χ0n) is 11.3. The minimum absolute atomic E-state index is 0.0863. The Labute approximate surface area is 127 Å². The molecular formula is C15H17NO2S2. The monoisotopic (exact) mass is 307 g/mol. The number of hydrogen-bond acceptors (Lipinski definition) is 4. The van der Waals surface area contributed by atoms with E-state index in [9.17, 15) is 4.79 Å². The topological polar surface area (TPSA) is 50.2 Å². The lowest BCUT2D eigenvalue weighted by molar-refractivity contribution is -0.136. The average molecular weight is 307 g/mol. The number of hydrogen-bond donors (Lipinski definition) is 1. The molecule has 0 unspecified atom stereocenters. The summed E-state index contributed by atoms with van der Waals surface area (Å²) in [6, 6.07) is 10.2. The van der Waals surface area contributed by atoms with Crippen LogP contribution in [-0.4, -0.2) is 16.1 Å². The number of nitrogens with zero attached hydrogens (tertiary/aromatic N) is 1. The van der Waals surface area contributed by atoms with Crippen LogP contribution in [0.4, 0.5) is 0 Å². The second-order valence-corrected chi connectivity index (χ2v) is 6.62. The van der Waals surface area contributed by atoms with Crippen LogP contribution in [0.2, 0.25) is 0 Å². The van der Waals surface area contributed by atoms with Crippen molar-refractivity contribution in [3.05, 3.63) is 45.9 Å². The number of rotatable bonds is 7. The molecule has 1 aromatic heterocycles. The summed E-state index contributed by atoms with van der Waals surface area (Å²) in [6.07, 6.45) is 1.93. The van der Waals surface area contributed by atoms with Crippen LogP contribution < -0.4 is 0 Å². The first-order chi connectivity index (χ1) is 9.69. The molecule has 0 saturated heterocycles. The van der Waals surface area contributed by atoms with Crippen LogP contribution in [-0.2, 0) is 23.4 Å². The summed E-state index contributed by atoms with van der Waals surface area (Å²) < 4.78 is 0. The number of aryl methyl sites for hydroxylation is 1. The van der Waals surface area contributed by atoms with Gasteiger partial charge in [-0.2, -0.15) is 0 Å². The van der Waals surface area contributed by atoms with Crippen molar-refractivity contribution in [2.24, 2.45) is 0 Å². The Bertz CT molecular complexity index is 567. The summed E-state index contributed by atoms with van der Waals surface area (Å²) in [5.74, 6) is 0.0126. The first-order valence-corrected chi connectivity index (χ1v) is 8.36. The summed E-state index contributed by atoms with van der Waals surface area (Å²) in [5.41, 5.74) is 0.962. The Hall–Kier alpha value is -1.33. The van der Waals surface area contributed by atoms with Gasteiger partial charge in [-0.05, 0) is 18.6 Å². The Morgan fingerprint density at radius 3 is 2.75 bits per heavy atom. The molecule has 0 saturated carbocycles. The first kappa shape index (κ1) is 15.1. The van der Waals surface area contributed by atoms with Crippen molar-refractivity contribution in [3.63, 3.8) is 0 Å². The van der Waals surface area contributed by atoms with E-state index < -0.39 is 5.97 Å². The van der Waals surface area contributed by atoms with E-state index in [1.807, 2.05) is 18.2 Å². The van der Waals surface area contributed by atoms with E-state index in [4.69, 9.17) is 5.11 Å². The zero-order chi connectivity index (χ0) is 14.4. The van der Waals surface area contributed by atoms with Gasteiger partial charge in [0.15, 0.2) is 0 Å². The highest BCUT2D eigenvalue weighted by Crippen LogP contribution is 2.27. The Balaban J connectivity index is 2.06. The molecular weight excluding hydrogens is 290 g/mol. The van der Waals surface area contributed by atoms with Crippen molar-refractivity contribution in [3.8, 4) is 0 Å². The van der Waals surface area contributed by atoms with Crippen molar-refractivity contribution in [2.45, 2.75) is 36.8 Å². The molecule has 0 radical (unpaired) electrons. The Morgan fingerprint density at radius 2 is 2.10 bits per heavy atom. The molecule has 0 spiro atoms. The highest BCUT2D eigenvalue weighted by atomic mass is 32.2. The number of thioether (sulfide) groups is 1. The number of benzene rings is 1. The molecule has 1 N–H and O–H groups in total. The lowest BCUT2D eigenvalue weighted by atomic mass is 10.2. The second-order valence-electron chi connectivity index (χ2n) is 4.40. The van der Waals surface area contributed by atoms with Crippen molar-refractivity contribution < 1.29 is 9.90 Å². The van der Waals surface area contributed by atoms with Crippen LogP contribution in [0.15, 0.2) is 35.2 Å². The SMILES string of the molecule is CCCc1nc(CSc2ccccc2)sc1CC(=O)O. The van der Waals surface area contributed by atoms with Gasteiger partial charge in [0, 0.05) is 9.77 Å². The number of aliphatic carboxylic acids is 1. The van der Waals surface area contributed by atoms with Crippen molar-refractivity contribution >= 4 is 29.1 Å². The predicted molar refractivity (Wildman–Crippen MR) is 83.5 cm³/mol. The summed E-state index contributed by atoms with van der Waals surface area (Å²) >= 11 is 3.27. The Morgan fingerprint density at radius 1 is 1.35 bits per heavy atom. The smallest absolute Gasteiger partial charge is 0.308 e. The van der Waals surface area contributed by atoms with E-state index in [1.165, 1.54) is 16.2 Å². The molecule has 1 aromatic carbocycles. The zero-order valence-corrected chi connectivity index (χ0v) is 13.0. The van der Waals surface area contributed by atoms with Crippen molar-refractivity contribution in [2.75, 3.05) is 0 Å². The van der Waals surface area contributed by atoms with E-state index in [-0.39, 0.29) is 6.42 Å². The molecule has 1 heterocycles. The maximum absolute atomic E-state index is 10.9. The fourth-order valence-electron chi connectivity index (χ4n) is 1.87. The van der Waals surface area contributed by atoms with E-state index in [2.05, 4.69) is 24.0 Å². The van der Waals surface area contributed by atoms with Crippen LogP contribution >= 0.6 is 23.1 Å². The van der Waals surface area contributed by atoms with Crippen molar-refractivity contribution in [1.82, 2.24) is 4.98 Å². The summed E-state index contributed by atoms with van der Waals surface area (Å²) in [7, 11) is 0. The highest BCUT2D eigenvalue weighted by molar-refractivity contribution is 7.98. The van der Waals surface area contributed by atoms with Crippen LogP contribution in [0.3, 0.4) is 0 Å². The largest absolute Gasteiger partial charge is 0.481 e. The molecule has 2 rings (SSSR count). The molecule has 0 atom stereocenters. The number of thiazole rings is 1. The number of carboxylic acids is 1. The predicted octanol–water partition coefficient (Wildman–Crippen LogP) is 4.02. The lowest BCUT2D eigenvalue weighted by Gasteiger charge is -1.97. The maximum atomic E-state index is 10.9. The van der Waals surface area contributed by atoms with Gasteiger partial charge in [-0.3, -0.25) is 4.79 Å². The van der Waals surface area contributed by atoms with Gasteiger partial charge in [0.1, 0.15) is 5.01 Å². The van der Waals surface area contributed by atoms with Gasteiger partial charge in [0.2, 0.25) is 0 Å². The summed E-state index contributed by atoms with van der Waals surface area (Å²) in [5, 5.41) is 9.96. The third-order valence-electron chi connectivity index (χ3n) is 2.73. The minimum Gasteiger partial charge on any atom is -0.481 e. The summed E-state index contributed by atoms with van der Waals surface area (Å²) in [6.45, 7) is 2.09. The van der Waals surface area contributed by atoms with Crippen LogP contribution in [0.25, 0.3) is 0 Å². The van der Waals surface area contributed by atoms with Crippen LogP contribution in [0, 0.1) is 0 Å². The maximum Gasteiger partial charge on any atom is 0.308 e. The van der Waals surface area contributed by atoms with Crippen molar-refractivity contribution in [1.29, 1.82) is 0 Å². The van der Waals surface area contributed by atoms with Gasteiger partial charge in [-0.1, -0.05) is 31.5 Å². The fourth-order valence-corrected chi connectivity index (χ4v) is 3.89. The second kappa shape index (κ2) is 7.45. The fraction of sp³-hybridized carbons (Fsp3) is 0.333. The molecule has 0 amide bonds. The lowest BCUT2D eigenvalue weighted by Crippen LogP contribution is -2.01. The van der Waals surface area contributed by atoms with Crippen LogP contribution in [0.1, 0.15) is 28.9 Å². The van der Waals surface area contributed by atoms with Gasteiger partial charge in [-0.15, -0.1) is 23.1 Å². The van der Waals surface area contributed by atoms with Gasteiger partial charge in [-0.25, -0.2) is 4.98 Å². The molecule has 106 valence electrons. The van der Waals surface area contributed by atoms with Gasteiger partial charge in [0.25, 0.3) is 0 Å². The molecule has 0 fully saturated rings. The molecule has 0 aliphatic carbocycles. The average Bonchev–Trinajstić information content (AvgIpc) is 2.80.